The van der Waals surface area contributed by atoms with Crippen LogP contribution in [0.2, 0.25) is 0 Å². The monoisotopic (exact) mass is 576 g/mol. The van der Waals surface area contributed by atoms with Gasteiger partial charge >= 0.3 is 0 Å². The molecule has 11 heteroatoms. The number of aromatic nitrogens is 1. The molecule has 2 aromatic rings. The van der Waals surface area contributed by atoms with Crippen LogP contribution in [0.5, 0.6) is 5.75 Å². The third kappa shape index (κ3) is 9.72. The highest BCUT2D eigenvalue weighted by Gasteiger charge is 2.30. The molecule has 0 spiro atoms. The number of hydrogen-bond acceptors (Lipinski definition) is 8. The molecule has 1 amide bonds. The molecule has 4 atom stereocenters. The Balaban J connectivity index is 1.92. The molecule has 0 saturated carbocycles. The predicted octanol–water partition coefficient (Wildman–Crippen LogP) is 3.38. The van der Waals surface area contributed by atoms with Gasteiger partial charge in [-0.2, -0.15) is 0 Å². The normalized spacial score (nSPS) is 22.2. The highest BCUT2D eigenvalue weighted by atomic mass is 32.2. The van der Waals surface area contributed by atoms with Crippen LogP contribution in [-0.2, 0) is 21.3 Å². The minimum atomic E-state index is -3.55. The number of hydrogen-bond donors (Lipinski definition) is 2. The molecule has 0 saturated heterocycles. The summed E-state index contributed by atoms with van der Waals surface area (Å²) in [5.41, 5.74) is 1.67. The summed E-state index contributed by atoms with van der Waals surface area (Å²) in [6, 6.07) is 8.24. The van der Waals surface area contributed by atoms with E-state index in [4.69, 9.17) is 9.47 Å². The van der Waals surface area contributed by atoms with E-state index >= 15 is 0 Å². The number of anilines is 1. The van der Waals surface area contributed by atoms with Gasteiger partial charge in [0.1, 0.15) is 5.75 Å². The number of aliphatic hydroxyl groups is 1. The van der Waals surface area contributed by atoms with E-state index in [-0.39, 0.29) is 41.9 Å². The number of likely N-dealkylation sites (N-methyl/N-ethyl adjacent to an activating group) is 1. The van der Waals surface area contributed by atoms with Crippen molar-refractivity contribution in [3.8, 4) is 5.75 Å². The fourth-order valence-electron chi connectivity index (χ4n) is 4.83. The molecule has 1 aromatic carbocycles. The zero-order chi connectivity index (χ0) is 29.3. The Morgan fingerprint density at radius 3 is 2.60 bits per heavy atom. The number of rotatable bonds is 8. The molecule has 0 bridgehead atoms. The second-order valence-corrected chi connectivity index (χ2v) is 12.7. The van der Waals surface area contributed by atoms with Gasteiger partial charge in [-0.05, 0) is 76.1 Å². The third-order valence-corrected chi connectivity index (χ3v) is 7.65. The van der Waals surface area contributed by atoms with Gasteiger partial charge in [0.05, 0.1) is 36.7 Å². The number of pyridine rings is 1. The minimum Gasteiger partial charge on any atom is -0.490 e. The van der Waals surface area contributed by atoms with Gasteiger partial charge < -0.3 is 19.5 Å². The Kier molecular flexibility index (Phi) is 11.7. The number of carbonyl (C=O) groups is 1. The lowest BCUT2D eigenvalue weighted by Gasteiger charge is -2.36. The molecule has 40 heavy (non-hydrogen) atoms. The first-order valence-corrected chi connectivity index (χ1v) is 15.7. The van der Waals surface area contributed by atoms with Crippen molar-refractivity contribution < 1.29 is 27.8 Å². The second kappa shape index (κ2) is 14.8. The Labute approximate surface area is 238 Å². The maximum absolute atomic E-state index is 14.0. The molecular weight excluding hydrogens is 532 g/mol. The number of ether oxygens (including phenoxy) is 2. The van der Waals surface area contributed by atoms with E-state index in [0.29, 0.717) is 25.4 Å². The van der Waals surface area contributed by atoms with Crippen molar-refractivity contribution in [1.29, 1.82) is 0 Å². The van der Waals surface area contributed by atoms with Crippen LogP contribution in [0.3, 0.4) is 0 Å². The third-order valence-electron chi connectivity index (χ3n) is 7.05. The van der Waals surface area contributed by atoms with Crippen molar-refractivity contribution in [3.63, 3.8) is 0 Å². The molecule has 2 N–H and O–H groups in total. The van der Waals surface area contributed by atoms with Gasteiger partial charge in [-0.3, -0.25) is 19.4 Å². The number of nitrogens with one attached hydrogen (secondary N) is 1. The highest BCUT2D eigenvalue weighted by molar-refractivity contribution is 7.92. The molecule has 2 heterocycles. The summed E-state index contributed by atoms with van der Waals surface area (Å²) in [6.07, 6.45) is 6.87. The van der Waals surface area contributed by atoms with Gasteiger partial charge in [-0.25, -0.2) is 8.42 Å². The number of carbonyl (C=O) groups excluding carboxylic acids is 1. The van der Waals surface area contributed by atoms with Gasteiger partial charge in [-0.1, -0.05) is 6.92 Å². The maximum Gasteiger partial charge on any atom is 0.258 e. The van der Waals surface area contributed by atoms with Crippen molar-refractivity contribution in [2.45, 2.75) is 64.8 Å². The smallest absolute Gasteiger partial charge is 0.258 e. The topological polar surface area (TPSA) is 121 Å². The number of nitrogens with zero attached hydrogens (tertiary/aromatic N) is 3. The molecule has 1 aliphatic heterocycles. The number of amides is 1. The summed E-state index contributed by atoms with van der Waals surface area (Å²) in [5, 5.41) is 10.1. The second-order valence-electron chi connectivity index (χ2n) is 10.9. The van der Waals surface area contributed by atoms with Crippen LogP contribution >= 0.6 is 0 Å². The summed E-state index contributed by atoms with van der Waals surface area (Å²) in [7, 11) is -1.50. The van der Waals surface area contributed by atoms with Gasteiger partial charge in [0, 0.05) is 50.2 Å². The molecule has 1 aliphatic rings. The number of benzene rings is 1. The molecular formula is C29H44N4O6S. The zero-order valence-electron chi connectivity index (χ0n) is 24.2. The first-order valence-electron chi connectivity index (χ1n) is 13.9. The first-order chi connectivity index (χ1) is 19.0. The highest BCUT2D eigenvalue weighted by Crippen LogP contribution is 2.29. The Morgan fingerprint density at radius 1 is 1.20 bits per heavy atom. The molecule has 1 aromatic heterocycles. The molecule has 3 rings (SSSR count). The molecule has 0 aliphatic carbocycles. The van der Waals surface area contributed by atoms with E-state index in [1.165, 1.54) is 6.07 Å². The first kappa shape index (κ1) is 31.8. The van der Waals surface area contributed by atoms with Crippen molar-refractivity contribution >= 4 is 21.6 Å². The van der Waals surface area contributed by atoms with Crippen LogP contribution in [0.1, 0.15) is 56.0 Å². The lowest BCUT2D eigenvalue weighted by Crippen LogP contribution is -2.47. The average molecular weight is 577 g/mol. The lowest BCUT2D eigenvalue weighted by atomic mass is 10.0. The number of aliphatic hydroxyl groups excluding tert-OH is 1. The van der Waals surface area contributed by atoms with Crippen LogP contribution in [0, 0.1) is 5.92 Å². The lowest BCUT2D eigenvalue weighted by molar-refractivity contribution is -0.0177. The van der Waals surface area contributed by atoms with E-state index in [9.17, 15) is 18.3 Å². The van der Waals surface area contributed by atoms with Gasteiger partial charge in [-0.15, -0.1) is 0 Å². The van der Waals surface area contributed by atoms with E-state index in [1.807, 2.05) is 26.1 Å². The van der Waals surface area contributed by atoms with Gasteiger partial charge in [0.25, 0.3) is 5.91 Å². The average Bonchev–Trinajstić information content (AvgIpc) is 2.90. The maximum atomic E-state index is 14.0. The minimum absolute atomic E-state index is 0.0543. The molecule has 10 nitrogen and oxygen atoms in total. The van der Waals surface area contributed by atoms with E-state index in [0.717, 1.165) is 37.6 Å². The Hall–Kier alpha value is -2.73. The zero-order valence-corrected chi connectivity index (χ0v) is 25.1. The van der Waals surface area contributed by atoms with E-state index in [1.54, 1.807) is 36.4 Å². The van der Waals surface area contributed by atoms with Crippen LogP contribution in [0.25, 0.3) is 0 Å². The summed E-state index contributed by atoms with van der Waals surface area (Å²) in [4.78, 5) is 22.0. The fourth-order valence-corrected chi connectivity index (χ4v) is 5.39. The predicted molar refractivity (Wildman–Crippen MR) is 156 cm³/mol. The number of sulfonamides is 1. The number of fused-ring (bicyclic) bond motifs is 1. The van der Waals surface area contributed by atoms with Gasteiger partial charge in [0.15, 0.2) is 0 Å². The van der Waals surface area contributed by atoms with Gasteiger partial charge in [0.2, 0.25) is 10.0 Å². The van der Waals surface area contributed by atoms with E-state index in [2.05, 4.69) is 21.5 Å². The van der Waals surface area contributed by atoms with Crippen molar-refractivity contribution in [3.05, 3.63) is 53.9 Å². The largest absolute Gasteiger partial charge is 0.490 e. The summed E-state index contributed by atoms with van der Waals surface area (Å²) < 4.78 is 38.8. The van der Waals surface area contributed by atoms with E-state index < -0.39 is 16.1 Å². The molecule has 0 fully saturated rings. The van der Waals surface area contributed by atoms with Crippen LogP contribution in [0.4, 0.5) is 5.69 Å². The van der Waals surface area contributed by atoms with Crippen molar-refractivity contribution in [2.75, 3.05) is 44.3 Å². The Morgan fingerprint density at radius 2 is 1.93 bits per heavy atom. The fraction of sp³-hybridized carbons (Fsp3) is 0.586. The van der Waals surface area contributed by atoms with Crippen LogP contribution in [-0.4, -0.2) is 92.1 Å². The van der Waals surface area contributed by atoms with Crippen molar-refractivity contribution in [2.24, 2.45) is 5.92 Å². The SMILES string of the molecule is C[C@@H]1CN([C@@H](C)CO)C(=O)c2cc(NS(C)(=O)=O)ccc2O[C@@H](C)CCCCO[C@H]1CN(C)Cc1ccncc1. The summed E-state index contributed by atoms with van der Waals surface area (Å²) >= 11 is 0. The van der Waals surface area contributed by atoms with Crippen LogP contribution in [0.15, 0.2) is 42.7 Å². The molecule has 222 valence electrons. The summed E-state index contributed by atoms with van der Waals surface area (Å²) in [6.45, 7) is 7.93. The molecule has 0 radical (unpaired) electrons. The summed E-state index contributed by atoms with van der Waals surface area (Å²) in [5.74, 6) is -0.00334. The van der Waals surface area contributed by atoms with Crippen LogP contribution < -0.4 is 9.46 Å². The quantitative estimate of drug-likeness (QED) is 0.491. The molecule has 0 unspecified atom stereocenters. The standard InChI is InChI=1S/C29H44N4O6S/c1-21-17-33(22(2)20-34)29(35)26-16-25(31-40(5,36)37)9-10-27(26)39-23(3)8-6-7-15-38-28(21)19-32(4)18-24-11-13-30-14-12-24/h9-14,16,21-23,28,31,34H,6-8,15,17-20H2,1-5H3/t21-,22+,23+,28+/m1/s1. The Bertz CT molecular complexity index is 1200. The van der Waals surface area contributed by atoms with Crippen molar-refractivity contribution in [1.82, 2.24) is 14.8 Å².